The van der Waals surface area contributed by atoms with E-state index in [-0.39, 0.29) is 12.4 Å². The van der Waals surface area contributed by atoms with Crippen LogP contribution in [0.1, 0.15) is 18.4 Å². The molecular formula is C32H37F2N3O2. The molecule has 7 heteroatoms. The van der Waals surface area contributed by atoms with Crippen molar-refractivity contribution in [2.45, 2.75) is 19.3 Å². The molecule has 5 nitrogen and oxygen atoms in total. The number of hydrogen-bond donors (Lipinski definition) is 0. The summed E-state index contributed by atoms with van der Waals surface area (Å²) in [5, 5.41) is 1.27. The highest BCUT2D eigenvalue weighted by Gasteiger charge is 2.17. The fourth-order valence-corrected chi connectivity index (χ4v) is 5.27. The molecule has 0 bridgehead atoms. The van der Waals surface area contributed by atoms with Crippen LogP contribution in [0.3, 0.4) is 0 Å². The number of aromatic nitrogens is 1. The second-order valence-corrected chi connectivity index (χ2v) is 9.95. The Morgan fingerprint density at radius 1 is 0.744 bits per heavy atom. The van der Waals surface area contributed by atoms with Gasteiger partial charge in [0.15, 0.2) is 0 Å². The van der Waals surface area contributed by atoms with Gasteiger partial charge in [-0.15, -0.1) is 0 Å². The summed E-state index contributed by atoms with van der Waals surface area (Å²) in [7, 11) is 0. The molecule has 3 aromatic carbocycles. The molecule has 1 saturated heterocycles. The van der Waals surface area contributed by atoms with Gasteiger partial charge in [0.05, 0.1) is 18.7 Å². The average molecular weight is 534 g/mol. The summed E-state index contributed by atoms with van der Waals surface area (Å²) in [6.07, 6.45) is 5.55. The molecule has 1 aliphatic rings. The van der Waals surface area contributed by atoms with Crippen molar-refractivity contribution >= 4 is 16.6 Å². The monoisotopic (exact) mass is 533 g/mol. The van der Waals surface area contributed by atoms with E-state index in [1.807, 2.05) is 24.3 Å². The number of hydrogen-bond acceptors (Lipinski definition) is 4. The average Bonchev–Trinajstić information content (AvgIpc) is 3.35. The highest BCUT2D eigenvalue weighted by atomic mass is 19.1. The van der Waals surface area contributed by atoms with Crippen LogP contribution >= 0.6 is 0 Å². The van der Waals surface area contributed by atoms with Crippen LogP contribution < -0.4 is 9.64 Å². The minimum atomic E-state index is -0.464. The van der Waals surface area contributed by atoms with E-state index < -0.39 is 6.67 Å². The lowest BCUT2D eigenvalue weighted by atomic mass is 10.1. The van der Waals surface area contributed by atoms with Gasteiger partial charge >= 0.3 is 0 Å². The number of ether oxygens (including phenoxy) is 2. The van der Waals surface area contributed by atoms with Crippen LogP contribution in [-0.4, -0.2) is 68.7 Å². The van der Waals surface area contributed by atoms with Gasteiger partial charge < -0.3 is 18.9 Å². The molecule has 1 fully saturated rings. The number of halogens is 2. The van der Waals surface area contributed by atoms with Crippen LogP contribution in [0.25, 0.3) is 16.6 Å². The van der Waals surface area contributed by atoms with Gasteiger partial charge in [0, 0.05) is 49.1 Å². The van der Waals surface area contributed by atoms with E-state index in [0.717, 1.165) is 68.9 Å². The zero-order valence-electron chi connectivity index (χ0n) is 22.4. The standard InChI is InChI=1S/C32H37F2N3O2/c33-16-22-38-23-24-39-30-14-12-28(13-15-30)36-20-18-35(19-21-36)17-4-3-5-26-25-37(29-10-8-27(34)9-11-29)32-7-2-1-6-31(26)32/h1-2,6-15,25H,3-5,16-24H2. The van der Waals surface area contributed by atoms with Crippen molar-refractivity contribution < 1.29 is 18.3 Å². The highest BCUT2D eigenvalue weighted by molar-refractivity contribution is 5.85. The van der Waals surface area contributed by atoms with Crippen molar-refractivity contribution in [3.05, 3.63) is 90.4 Å². The fourth-order valence-electron chi connectivity index (χ4n) is 5.27. The molecule has 0 atom stereocenters. The number of aryl methyl sites for hydroxylation is 1. The summed E-state index contributed by atoms with van der Waals surface area (Å²) in [5.41, 5.74) is 4.71. The first-order valence-corrected chi connectivity index (χ1v) is 13.9. The van der Waals surface area contributed by atoms with Crippen LogP contribution in [0.15, 0.2) is 79.0 Å². The van der Waals surface area contributed by atoms with Crippen LogP contribution in [0.2, 0.25) is 0 Å². The molecule has 0 N–H and O–H groups in total. The van der Waals surface area contributed by atoms with Crippen molar-refractivity contribution in [2.75, 3.05) is 64.1 Å². The minimum absolute atomic E-state index is 0.123. The summed E-state index contributed by atoms with van der Waals surface area (Å²) in [6.45, 7) is 5.75. The van der Waals surface area contributed by atoms with Gasteiger partial charge in [0.25, 0.3) is 0 Å². The Morgan fingerprint density at radius 3 is 2.26 bits per heavy atom. The predicted octanol–water partition coefficient (Wildman–Crippen LogP) is 6.28. The van der Waals surface area contributed by atoms with E-state index in [2.05, 4.69) is 57.0 Å². The Labute approximate surface area is 229 Å². The molecule has 2 heterocycles. The molecule has 5 rings (SSSR count). The molecule has 0 saturated carbocycles. The molecule has 0 unspecified atom stereocenters. The quantitative estimate of drug-likeness (QED) is 0.189. The molecule has 0 aliphatic carbocycles. The van der Waals surface area contributed by atoms with Gasteiger partial charge in [0.2, 0.25) is 0 Å². The smallest absolute Gasteiger partial charge is 0.123 e. The Bertz CT molecular complexity index is 1300. The molecule has 1 aromatic heterocycles. The van der Waals surface area contributed by atoms with E-state index >= 15 is 0 Å². The van der Waals surface area contributed by atoms with E-state index in [0.29, 0.717) is 13.2 Å². The molecule has 206 valence electrons. The third-order valence-corrected chi connectivity index (χ3v) is 7.36. The van der Waals surface area contributed by atoms with Gasteiger partial charge in [-0.2, -0.15) is 0 Å². The second-order valence-electron chi connectivity index (χ2n) is 9.95. The van der Waals surface area contributed by atoms with E-state index in [4.69, 9.17) is 9.47 Å². The maximum Gasteiger partial charge on any atom is 0.123 e. The van der Waals surface area contributed by atoms with Crippen molar-refractivity contribution in [3.63, 3.8) is 0 Å². The summed E-state index contributed by atoms with van der Waals surface area (Å²) in [4.78, 5) is 4.99. The van der Waals surface area contributed by atoms with Gasteiger partial charge in [-0.25, -0.2) is 8.78 Å². The van der Waals surface area contributed by atoms with Crippen molar-refractivity contribution in [3.8, 4) is 11.4 Å². The third-order valence-electron chi connectivity index (χ3n) is 7.36. The first-order chi connectivity index (χ1) is 19.2. The normalized spacial score (nSPS) is 14.3. The molecule has 1 aliphatic heterocycles. The summed E-state index contributed by atoms with van der Waals surface area (Å²) in [5.74, 6) is 0.593. The number of alkyl halides is 1. The van der Waals surface area contributed by atoms with Crippen molar-refractivity contribution in [2.24, 2.45) is 0 Å². The lowest BCUT2D eigenvalue weighted by molar-refractivity contribution is 0.0897. The zero-order valence-corrected chi connectivity index (χ0v) is 22.4. The summed E-state index contributed by atoms with van der Waals surface area (Å²) in [6, 6.07) is 23.4. The first kappa shape index (κ1) is 27.2. The maximum atomic E-state index is 13.4. The molecule has 0 amide bonds. The second kappa shape index (κ2) is 13.6. The largest absolute Gasteiger partial charge is 0.491 e. The third kappa shape index (κ3) is 7.16. The number of unbranched alkanes of at least 4 members (excludes halogenated alkanes) is 1. The lowest BCUT2D eigenvalue weighted by Gasteiger charge is -2.36. The van der Waals surface area contributed by atoms with Gasteiger partial charge in [0.1, 0.15) is 24.8 Å². The van der Waals surface area contributed by atoms with Gasteiger partial charge in [-0.1, -0.05) is 18.2 Å². The molecule has 39 heavy (non-hydrogen) atoms. The topological polar surface area (TPSA) is 29.9 Å². The summed E-state index contributed by atoms with van der Waals surface area (Å²) < 4.78 is 38.4. The Balaban J connectivity index is 1.06. The Morgan fingerprint density at radius 2 is 1.49 bits per heavy atom. The summed E-state index contributed by atoms with van der Waals surface area (Å²) >= 11 is 0. The molecule has 4 aromatic rings. The van der Waals surface area contributed by atoms with Crippen molar-refractivity contribution in [1.82, 2.24) is 9.47 Å². The minimum Gasteiger partial charge on any atom is -0.491 e. The molecular weight excluding hydrogens is 496 g/mol. The fraction of sp³-hybridized carbons (Fsp3) is 0.375. The lowest BCUT2D eigenvalue weighted by Crippen LogP contribution is -2.46. The van der Waals surface area contributed by atoms with Gasteiger partial charge in [-0.3, -0.25) is 4.90 Å². The first-order valence-electron chi connectivity index (χ1n) is 13.9. The number of benzene rings is 3. The van der Waals surface area contributed by atoms with E-state index in [1.54, 1.807) is 0 Å². The maximum absolute atomic E-state index is 13.4. The number of piperazine rings is 1. The zero-order chi connectivity index (χ0) is 26.9. The predicted molar refractivity (Wildman–Crippen MR) is 154 cm³/mol. The Kier molecular flexibility index (Phi) is 9.46. The highest BCUT2D eigenvalue weighted by Crippen LogP contribution is 2.26. The van der Waals surface area contributed by atoms with Crippen LogP contribution in [0.4, 0.5) is 14.5 Å². The van der Waals surface area contributed by atoms with Gasteiger partial charge in [-0.05, 0) is 86.0 Å². The number of nitrogens with zero attached hydrogens (tertiary/aromatic N) is 3. The van der Waals surface area contributed by atoms with Crippen molar-refractivity contribution in [1.29, 1.82) is 0 Å². The number of anilines is 1. The van der Waals surface area contributed by atoms with Crippen LogP contribution in [0.5, 0.6) is 5.75 Å². The SMILES string of the molecule is FCCOCCOc1ccc(N2CCN(CCCCc3cn(-c4ccc(F)cc4)c4ccccc34)CC2)cc1. The van der Waals surface area contributed by atoms with E-state index in [1.165, 1.54) is 28.8 Å². The van der Waals surface area contributed by atoms with Crippen LogP contribution in [0, 0.1) is 5.82 Å². The number of para-hydroxylation sites is 1. The van der Waals surface area contributed by atoms with E-state index in [9.17, 15) is 8.78 Å². The number of rotatable bonds is 13. The Hall–Kier alpha value is -3.42. The molecule has 0 spiro atoms. The molecule has 0 radical (unpaired) electrons. The van der Waals surface area contributed by atoms with Crippen LogP contribution in [-0.2, 0) is 11.2 Å². The number of fused-ring (bicyclic) bond motifs is 1.